The monoisotopic (exact) mass is 467 g/mol. The van der Waals surface area contributed by atoms with Crippen LogP contribution in [0.15, 0.2) is 78.6 Å². The zero-order valence-corrected chi connectivity index (χ0v) is 19.8. The molecule has 34 heavy (non-hydrogen) atoms. The van der Waals surface area contributed by atoms with E-state index in [-0.39, 0.29) is 11.9 Å². The van der Waals surface area contributed by atoms with Crippen LogP contribution in [0.3, 0.4) is 0 Å². The second-order valence-corrected chi connectivity index (χ2v) is 9.59. The van der Waals surface area contributed by atoms with Crippen LogP contribution < -0.4 is 0 Å². The fraction of sp³-hybridized carbons (Fsp3) is 0.222. The molecule has 5 aromatic rings. The number of benzene rings is 2. The number of nitrogens with zero attached hydrogens (tertiary/aromatic N) is 5. The van der Waals surface area contributed by atoms with Crippen molar-refractivity contribution in [2.24, 2.45) is 0 Å². The second kappa shape index (κ2) is 8.57. The summed E-state index contributed by atoms with van der Waals surface area (Å²) in [5, 5.41) is 11.2. The molecule has 6 rings (SSSR count). The zero-order chi connectivity index (χ0) is 23.1. The van der Waals surface area contributed by atoms with Crippen LogP contribution in [0, 0.1) is 0 Å². The smallest absolute Gasteiger partial charge is 0.256 e. The molecular formula is C27H25N5OS. The lowest BCUT2D eigenvalue weighted by molar-refractivity contribution is 0.0666. The molecule has 0 radical (unpaired) electrons. The van der Waals surface area contributed by atoms with Crippen LogP contribution in [0.2, 0.25) is 0 Å². The summed E-state index contributed by atoms with van der Waals surface area (Å²) in [5.41, 5.74) is 5.41. The van der Waals surface area contributed by atoms with Gasteiger partial charge in [0.15, 0.2) is 0 Å². The molecule has 0 N–H and O–H groups in total. The first kappa shape index (κ1) is 20.9. The fourth-order valence-corrected chi connectivity index (χ4v) is 6.13. The van der Waals surface area contributed by atoms with Crippen LogP contribution in [-0.4, -0.2) is 36.9 Å². The first-order chi connectivity index (χ1) is 16.7. The molecule has 1 atom stereocenters. The molecule has 7 heteroatoms. The van der Waals surface area contributed by atoms with Gasteiger partial charge in [0.05, 0.1) is 29.7 Å². The van der Waals surface area contributed by atoms with E-state index < -0.39 is 0 Å². The van der Waals surface area contributed by atoms with Gasteiger partial charge in [-0.15, -0.1) is 16.4 Å². The Bertz CT molecular complexity index is 1470. The van der Waals surface area contributed by atoms with Crippen LogP contribution in [0.25, 0.3) is 16.6 Å². The predicted octanol–water partition coefficient (Wildman–Crippen LogP) is 5.29. The topological polar surface area (TPSA) is 56.0 Å². The van der Waals surface area contributed by atoms with Gasteiger partial charge in [-0.1, -0.05) is 35.5 Å². The minimum absolute atomic E-state index is 0.00554. The van der Waals surface area contributed by atoms with Crippen molar-refractivity contribution in [3.63, 3.8) is 0 Å². The molecule has 170 valence electrons. The Balaban J connectivity index is 1.38. The van der Waals surface area contributed by atoms with Gasteiger partial charge < -0.3 is 9.47 Å². The molecule has 0 bridgehead atoms. The van der Waals surface area contributed by atoms with Crippen molar-refractivity contribution in [3.05, 3.63) is 100 Å². The molecule has 6 nitrogen and oxygen atoms in total. The molecule has 1 aliphatic heterocycles. The van der Waals surface area contributed by atoms with Gasteiger partial charge in [-0.2, -0.15) is 0 Å². The SMILES string of the molecule is CCn1cc(C(=O)N2CCc3ccsc3C2Cc2cccc(-n3ccnn3)c2)c2ccccc21. The third-order valence-electron chi connectivity index (χ3n) is 6.73. The van der Waals surface area contributed by atoms with Gasteiger partial charge in [0.1, 0.15) is 0 Å². The second-order valence-electron chi connectivity index (χ2n) is 8.64. The van der Waals surface area contributed by atoms with E-state index >= 15 is 0 Å². The van der Waals surface area contributed by atoms with Crippen molar-refractivity contribution in [3.8, 4) is 5.69 Å². The number of fused-ring (bicyclic) bond motifs is 2. The largest absolute Gasteiger partial charge is 0.347 e. The highest BCUT2D eigenvalue weighted by atomic mass is 32.1. The first-order valence-electron chi connectivity index (χ1n) is 11.6. The van der Waals surface area contributed by atoms with E-state index in [0.29, 0.717) is 0 Å². The van der Waals surface area contributed by atoms with Gasteiger partial charge in [-0.05, 0) is 60.5 Å². The van der Waals surface area contributed by atoms with Crippen LogP contribution in [-0.2, 0) is 19.4 Å². The number of aromatic nitrogens is 4. The van der Waals surface area contributed by atoms with Crippen molar-refractivity contribution in [1.82, 2.24) is 24.5 Å². The van der Waals surface area contributed by atoms with E-state index in [1.165, 1.54) is 16.0 Å². The van der Waals surface area contributed by atoms with Gasteiger partial charge in [-0.25, -0.2) is 4.68 Å². The quantitative estimate of drug-likeness (QED) is 0.353. The van der Waals surface area contributed by atoms with E-state index in [1.807, 2.05) is 36.7 Å². The highest BCUT2D eigenvalue weighted by Crippen LogP contribution is 2.38. The van der Waals surface area contributed by atoms with E-state index in [2.05, 4.69) is 62.4 Å². The maximum Gasteiger partial charge on any atom is 0.256 e. The van der Waals surface area contributed by atoms with Crippen LogP contribution in [0.5, 0.6) is 0 Å². The van der Waals surface area contributed by atoms with Crippen LogP contribution in [0.1, 0.15) is 39.3 Å². The molecule has 0 fully saturated rings. The van der Waals surface area contributed by atoms with E-state index in [0.717, 1.165) is 48.1 Å². The van der Waals surface area contributed by atoms with Gasteiger partial charge >= 0.3 is 0 Å². The lowest BCUT2D eigenvalue weighted by Crippen LogP contribution is -2.40. The highest BCUT2D eigenvalue weighted by molar-refractivity contribution is 7.10. The summed E-state index contributed by atoms with van der Waals surface area (Å²) >= 11 is 1.76. The Hall–Kier alpha value is -3.71. The highest BCUT2D eigenvalue weighted by Gasteiger charge is 2.33. The Morgan fingerprint density at radius 1 is 1.15 bits per heavy atom. The average molecular weight is 468 g/mol. The van der Waals surface area contributed by atoms with E-state index in [1.54, 1.807) is 22.2 Å². The average Bonchev–Trinajstić information content (AvgIpc) is 3.64. The van der Waals surface area contributed by atoms with E-state index in [4.69, 9.17) is 0 Å². The molecule has 1 amide bonds. The number of rotatable bonds is 5. The third kappa shape index (κ3) is 3.53. The molecule has 0 saturated heterocycles. The lowest BCUT2D eigenvalue weighted by atomic mass is 9.94. The molecule has 0 spiro atoms. The normalized spacial score (nSPS) is 15.6. The summed E-state index contributed by atoms with van der Waals surface area (Å²) in [5.74, 6) is 0.111. The summed E-state index contributed by atoms with van der Waals surface area (Å²) < 4.78 is 3.93. The first-order valence-corrected chi connectivity index (χ1v) is 12.5. The van der Waals surface area contributed by atoms with Gasteiger partial charge in [-0.3, -0.25) is 4.79 Å². The molecular weight excluding hydrogens is 442 g/mol. The molecule has 4 heterocycles. The molecule has 1 aliphatic rings. The number of hydrogen-bond acceptors (Lipinski definition) is 4. The lowest BCUT2D eigenvalue weighted by Gasteiger charge is -2.36. The van der Waals surface area contributed by atoms with E-state index in [9.17, 15) is 4.79 Å². The number of carbonyl (C=O) groups excluding carboxylic acids is 1. The number of aryl methyl sites for hydroxylation is 1. The standard InChI is InChI=1S/C27H25N5OS/c1-2-30-18-23(22-8-3-4-9-24(22)30)27(33)31-13-10-20-11-15-34-26(20)25(31)17-19-6-5-7-21(16-19)32-14-12-28-29-32/h3-9,11-12,14-16,18,25H,2,10,13,17H2,1H3. The van der Waals surface area contributed by atoms with Gasteiger partial charge in [0.25, 0.3) is 5.91 Å². The Morgan fingerprint density at radius 3 is 2.91 bits per heavy atom. The number of para-hydroxylation sites is 1. The van der Waals surface area contributed by atoms with Gasteiger partial charge in [0, 0.05) is 35.1 Å². The fourth-order valence-electron chi connectivity index (χ4n) is 5.06. The minimum Gasteiger partial charge on any atom is -0.347 e. The van der Waals surface area contributed by atoms with Crippen molar-refractivity contribution in [1.29, 1.82) is 0 Å². The van der Waals surface area contributed by atoms with Crippen molar-refractivity contribution in [2.75, 3.05) is 6.54 Å². The number of hydrogen-bond donors (Lipinski definition) is 0. The molecule has 0 saturated carbocycles. The zero-order valence-electron chi connectivity index (χ0n) is 19.0. The maximum absolute atomic E-state index is 14.0. The Morgan fingerprint density at radius 2 is 2.06 bits per heavy atom. The van der Waals surface area contributed by atoms with Gasteiger partial charge in [0.2, 0.25) is 0 Å². The van der Waals surface area contributed by atoms with Crippen LogP contribution >= 0.6 is 11.3 Å². The van der Waals surface area contributed by atoms with Crippen molar-refractivity contribution < 1.29 is 4.79 Å². The summed E-state index contributed by atoms with van der Waals surface area (Å²) in [6.45, 7) is 3.67. The molecule has 2 aromatic carbocycles. The van der Waals surface area contributed by atoms with Crippen LogP contribution in [0.4, 0.5) is 0 Å². The Kier molecular flexibility index (Phi) is 5.26. The number of amides is 1. The number of carbonyl (C=O) groups is 1. The Labute approximate surface area is 202 Å². The molecule has 0 aliphatic carbocycles. The summed E-state index contributed by atoms with van der Waals surface area (Å²) in [7, 11) is 0. The third-order valence-corrected chi connectivity index (χ3v) is 7.79. The summed E-state index contributed by atoms with van der Waals surface area (Å²) in [6, 6.07) is 18.8. The molecule has 3 aromatic heterocycles. The maximum atomic E-state index is 14.0. The predicted molar refractivity (Wildman–Crippen MR) is 134 cm³/mol. The van der Waals surface area contributed by atoms with Crippen molar-refractivity contribution in [2.45, 2.75) is 32.4 Å². The minimum atomic E-state index is 0.00554. The summed E-state index contributed by atoms with van der Waals surface area (Å²) in [6.07, 6.45) is 7.20. The summed E-state index contributed by atoms with van der Waals surface area (Å²) in [4.78, 5) is 17.4. The number of thiophene rings is 1. The van der Waals surface area contributed by atoms with Crippen molar-refractivity contribution >= 4 is 28.1 Å². The molecule has 1 unspecified atom stereocenters.